The Morgan fingerprint density at radius 1 is 0.467 bits per heavy atom. The summed E-state index contributed by atoms with van der Waals surface area (Å²) in [5, 5.41) is 2.65. The van der Waals surface area contributed by atoms with Gasteiger partial charge in [-0.25, -0.2) is 4.98 Å². The first kappa shape index (κ1) is 16.2. The second-order valence-corrected chi connectivity index (χ2v) is 10.7. The van der Waals surface area contributed by atoms with Crippen molar-refractivity contribution in [1.82, 2.24) is 9.55 Å². The largest absolute Gasteiger partial charge is 0.292 e. The quantitative estimate of drug-likeness (QED) is 0.188. The van der Waals surface area contributed by atoms with E-state index < -0.39 is 42.3 Å². The van der Waals surface area contributed by atoms with Crippen molar-refractivity contribution in [2.75, 3.05) is 0 Å². The first-order chi connectivity index (χ1) is 27.3. The molecule has 9 rings (SSSR count). The minimum absolute atomic E-state index is 0.0102. The summed E-state index contributed by atoms with van der Waals surface area (Å²) in [5.74, 6) is 0.387. The first-order valence-corrected chi connectivity index (χ1v) is 14.4. The molecule has 0 aliphatic heterocycles. The van der Waals surface area contributed by atoms with Gasteiger partial charge in [-0.15, -0.1) is 0 Å². The number of hydrogen-bond donors (Lipinski definition) is 0. The average Bonchev–Trinajstić information content (AvgIpc) is 3.61. The van der Waals surface area contributed by atoms with Crippen LogP contribution in [0.2, 0.25) is 0 Å². The van der Waals surface area contributed by atoms with Gasteiger partial charge in [-0.05, 0) is 84.8 Å². The van der Waals surface area contributed by atoms with Crippen molar-refractivity contribution >= 4 is 43.4 Å². The van der Waals surface area contributed by atoms with Gasteiger partial charge in [-0.1, -0.05) is 139 Å². The van der Waals surface area contributed by atoms with Crippen molar-refractivity contribution in [3.05, 3.63) is 170 Å². The third kappa shape index (κ3) is 4.15. The Labute approximate surface area is 278 Å². The maximum absolute atomic E-state index is 9.36. The van der Waals surface area contributed by atoms with Crippen molar-refractivity contribution in [2.45, 2.75) is 0 Å². The Bertz CT molecular complexity index is 3120. The van der Waals surface area contributed by atoms with Crippen molar-refractivity contribution in [2.24, 2.45) is 0 Å². The van der Waals surface area contributed by atoms with E-state index in [0.29, 0.717) is 38.8 Å². The Kier molecular flexibility index (Phi) is 3.71. The van der Waals surface area contributed by atoms with Crippen molar-refractivity contribution < 1.29 is 16.4 Å². The molecule has 2 nitrogen and oxygen atoms in total. The zero-order valence-electron chi connectivity index (χ0n) is 35.6. The lowest BCUT2D eigenvalue weighted by molar-refractivity contribution is 1.10. The fraction of sp³-hybridized carbons (Fsp3) is 0. The summed E-state index contributed by atoms with van der Waals surface area (Å²) in [6.07, 6.45) is 0. The fourth-order valence-electron chi connectivity index (χ4n) is 6.20. The van der Waals surface area contributed by atoms with Crippen LogP contribution in [0.15, 0.2) is 170 Å². The predicted molar refractivity (Wildman–Crippen MR) is 190 cm³/mol. The number of rotatable bonds is 4. The zero-order valence-corrected chi connectivity index (χ0v) is 23.6. The SMILES string of the molecule is [2H]c1c([2H])c([2H])c(-n2c(-c3ccc(-c4c5ccccc5c(-c5c([2H])c([2H])c6c([2H])c([2H])c([2H])c([2H])c6c5[2H])c5ccccc45)cc3)nc3ccccc32)c([2H])c1[2H]. The third-order valence-corrected chi connectivity index (χ3v) is 8.13. The van der Waals surface area contributed by atoms with Crippen LogP contribution in [0, 0.1) is 0 Å². The van der Waals surface area contributed by atoms with Crippen molar-refractivity contribution in [1.29, 1.82) is 0 Å². The molecule has 0 aliphatic carbocycles. The molecule has 0 saturated carbocycles. The molecule has 2 heteroatoms. The van der Waals surface area contributed by atoms with Gasteiger partial charge in [0.25, 0.3) is 0 Å². The van der Waals surface area contributed by atoms with E-state index in [-0.39, 0.29) is 52.2 Å². The maximum atomic E-state index is 9.36. The fourth-order valence-corrected chi connectivity index (χ4v) is 6.20. The van der Waals surface area contributed by atoms with Crippen LogP contribution >= 0.6 is 0 Å². The standard InChI is InChI=1S/C43H28N2/c1-2-14-34(15-3-1)45-40-21-11-10-20-39(40)44-43(45)31-25-23-30(24-26-31)41-35-16-6-8-18-37(35)42(38-19-9-7-17-36(38)41)33-27-22-29-12-4-5-13-32(29)28-33/h1-28H/i1D,2D,3D,4D,5D,12D,13D,14D,15D,22D,27D,28D. The van der Waals surface area contributed by atoms with Crippen LogP contribution in [0.4, 0.5) is 0 Å². The van der Waals surface area contributed by atoms with Gasteiger partial charge in [0, 0.05) is 11.3 Å². The smallest absolute Gasteiger partial charge is 0.145 e. The number of nitrogens with zero attached hydrogens (tertiary/aromatic N) is 2. The van der Waals surface area contributed by atoms with Crippen molar-refractivity contribution in [3.63, 3.8) is 0 Å². The molecule has 1 heterocycles. The van der Waals surface area contributed by atoms with Gasteiger partial charge in [0.2, 0.25) is 0 Å². The van der Waals surface area contributed by atoms with E-state index >= 15 is 0 Å². The van der Waals surface area contributed by atoms with Crippen LogP contribution in [-0.4, -0.2) is 9.55 Å². The molecule has 0 unspecified atom stereocenters. The number of fused-ring (bicyclic) bond motifs is 4. The molecule has 1 aromatic heterocycles. The van der Waals surface area contributed by atoms with Gasteiger partial charge in [-0.3, -0.25) is 4.57 Å². The molecule has 0 atom stereocenters. The number of imidazole rings is 1. The Morgan fingerprint density at radius 3 is 1.71 bits per heavy atom. The lowest BCUT2D eigenvalue weighted by Crippen LogP contribution is -1.97. The van der Waals surface area contributed by atoms with Gasteiger partial charge < -0.3 is 0 Å². The summed E-state index contributed by atoms with van der Waals surface area (Å²) in [5.41, 5.74) is 4.04. The van der Waals surface area contributed by atoms with E-state index in [2.05, 4.69) is 0 Å². The van der Waals surface area contributed by atoms with Crippen LogP contribution in [0.3, 0.4) is 0 Å². The second kappa shape index (κ2) is 10.3. The molecule has 8 aromatic carbocycles. The lowest BCUT2D eigenvalue weighted by atomic mass is 9.85. The molecule has 0 radical (unpaired) electrons. The number of para-hydroxylation sites is 3. The normalized spacial score (nSPS) is 15.3. The van der Waals surface area contributed by atoms with Crippen LogP contribution in [0.5, 0.6) is 0 Å². The Hall–Kier alpha value is -5.99. The number of hydrogen-bond acceptors (Lipinski definition) is 1. The van der Waals surface area contributed by atoms with E-state index in [0.717, 1.165) is 21.9 Å². The van der Waals surface area contributed by atoms with E-state index in [1.807, 2.05) is 78.9 Å². The summed E-state index contributed by atoms with van der Waals surface area (Å²) >= 11 is 0. The number of aromatic nitrogens is 2. The van der Waals surface area contributed by atoms with Gasteiger partial charge >= 0.3 is 0 Å². The number of benzene rings is 8. The van der Waals surface area contributed by atoms with Crippen LogP contribution < -0.4 is 0 Å². The summed E-state index contributed by atoms with van der Waals surface area (Å²) in [6, 6.07) is 24.9. The van der Waals surface area contributed by atoms with E-state index in [1.165, 1.54) is 0 Å². The highest BCUT2D eigenvalue weighted by molar-refractivity contribution is 6.21. The van der Waals surface area contributed by atoms with Crippen LogP contribution in [0.1, 0.15) is 16.4 Å². The molecule has 0 fully saturated rings. The summed E-state index contributed by atoms with van der Waals surface area (Å²) in [6.45, 7) is 0. The van der Waals surface area contributed by atoms with Gasteiger partial charge in [0.05, 0.1) is 27.5 Å². The molecule has 0 amide bonds. The second-order valence-electron chi connectivity index (χ2n) is 10.7. The first-order valence-electron chi connectivity index (χ1n) is 20.4. The van der Waals surface area contributed by atoms with E-state index in [4.69, 9.17) is 18.7 Å². The van der Waals surface area contributed by atoms with Crippen LogP contribution in [0.25, 0.3) is 82.7 Å². The van der Waals surface area contributed by atoms with Crippen LogP contribution in [-0.2, 0) is 0 Å². The topological polar surface area (TPSA) is 17.8 Å². The highest BCUT2D eigenvalue weighted by atomic mass is 15.1. The van der Waals surface area contributed by atoms with E-state index in [9.17, 15) is 2.74 Å². The molecular formula is C43H28N2. The monoisotopic (exact) mass is 584 g/mol. The van der Waals surface area contributed by atoms with E-state index in [1.54, 1.807) is 22.8 Å². The summed E-state index contributed by atoms with van der Waals surface area (Å²) in [7, 11) is 0. The molecule has 0 bridgehead atoms. The van der Waals surface area contributed by atoms with Gasteiger partial charge in [-0.2, -0.15) is 0 Å². The van der Waals surface area contributed by atoms with Crippen molar-refractivity contribution in [3.8, 4) is 39.3 Å². The summed E-state index contributed by atoms with van der Waals surface area (Å²) < 4.78 is 105. The predicted octanol–water partition coefficient (Wildman–Crippen LogP) is 11.5. The molecule has 9 aromatic rings. The Balaban J connectivity index is 1.29. The highest BCUT2D eigenvalue weighted by Crippen LogP contribution is 2.44. The van der Waals surface area contributed by atoms with Gasteiger partial charge in [0.1, 0.15) is 5.82 Å². The Morgan fingerprint density at radius 2 is 1.02 bits per heavy atom. The molecule has 0 N–H and O–H groups in total. The van der Waals surface area contributed by atoms with Gasteiger partial charge in [0.15, 0.2) is 0 Å². The molecule has 0 aliphatic rings. The summed E-state index contributed by atoms with van der Waals surface area (Å²) in [4.78, 5) is 4.87. The minimum atomic E-state index is -0.523. The molecule has 0 saturated heterocycles. The minimum Gasteiger partial charge on any atom is -0.292 e. The molecule has 0 spiro atoms. The molecule has 45 heavy (non-hydrogen) atoms. The molecular weight excluding hydrogens is 544 g/mol. The average molecular weight is 585 g/mol. The zero-order chi connectivity index (χ0) is 40.2. The third-order valence-electron chi connectivity index (χ3n) is 8.13. The maximum Gasteiger partial charge on any atom is 0.145 e. The lowest BCUT2D eigenvalue weighted by Gasteiger charge is -2.18. The molecule has 210 valence electrons. The highest BCUT2D eigenvalue weighted by Gasteiger charge is 2.18.